The van der Waals surface area contributed by atoms with E-state index in [0.29, 0.717) is 23.8 Å². The van der Waals surface area contributed by atoms with Gasteiger partial charge in [-0.05, 0) is 37.8 Å². The van der Waals surface area contributed by atoms with Gasteiger partial charge in [-0.3, -0.25) is 10.1 Å². The molecule has 1 aromatic rings. The fraction of sp³-hybridized carbons (Fsp3) is 0.550. The lowest BCUT2D eigenvalue weighted by Gasteiger charge is -2.22. The molecule has 0 bridgehead atoms. The van der Waals surface area contributed by atoms with E-state index in [1.165, 1.54) is 28.0 Å². The van der Waals surface area contributed by atoms with Crippen LogP contribution >= 0.6 is 23.1 Å². The van der Waals surface area contributed by atoms with Crippen LogP contribution in [0.15, 0.2) is 16.9 Å². The van der Waals surface area contributed by atoms with Crippen molar-refractivity contribution in [2.75, 3.05) is 26.0 Å². The van der Waals surface area contributed by atoms with Crippen LogP contribution in [0, 0.1) is 12.3 Å². The number of hydrogen-bond acceptors (Lipinski definition) is 7. The summed E-state index contributed by atoms with van der Waals surface area (Å²) in [5, 5.41) is 5.08. The van der Waals surface area contributed by atoms with Crippen molar-refractivity contribution in [3.05, 3.63) is 27.5 Å². The molecule has 10 heteroatoms. The van der Waals surface area contributed by atoms with Gasteiger partial charge in [0, 0.05) is 18.0 Å². The molecule has 2 rings (SSSR count). The Morgan fingerprint density at radius 1 is 1.37 bits per heavy atom. The molecule has 0 saturated carbocycles. The number of nitrogens with one attached hydrogen (secondary N) is 1. The van der Waals surface area contributed by atoms with Gasteiger partial charge in [-0.2, -0.15) is 0 Å². The molecule has 1 saturated heterocycles. The molecule has 0 aliphatic carbocycles. The van der Waals surface area contributed by atoms with Gasteiger partial charge >= 0.3 is 6.03 Å². The topological polar surface area (TPSA) is 118 Å². The number of carbonyl (C=O) groups excluding carboxylic acids is 2. The van der Waals surface area contributed by atoms with Gasteiger partial charge in [0.2, 0.25) is 5.91 Å². The molecular formula is C20H32N6O2S2. The first kappa shape index (κ1) is 24.2. The minimum atomic E-state index is -0.636. The largest absolute Gasteiger partial charge is 0.397 e. The number of hydrogen-bond donors (Lipinski definition) is 3. The Bertz CT molecular complexity index is 856. The second-order valence-corrected chi connectivity index (χ2v) is 10.6. The van der Waals surface area contributed by atoms with Crippen molar-refractivity contribution in [2.45, 2.75) is 46.2 Å². The minimum Gasteiger partial charge on any atom is -0.397 e. The number of rotatable bonds is 6. The lowest BCUT2D eigenvalue weighted by molar-refractivity contribution is -0.121. The molecule has 1 aliphatic heterocycles. The second kappa shape index (κ2) is 9.40. The van der Waals surface area contributed by atoms with Crippen LogP contribution in [0.25, 0.3) is 5.70 Å². The molecule has 1 fully saturated rings. The summed E-state index contributed by atoms with van der Waals surface area (Å²) in [7, 11) is 3.84. The van der Waals surface area contributed by atoms with E-state index in [4.69, 9.17) is 11.5 Å². The Balaban J connectivity index is 2.12. The number of nitrogens with zero attached hydrogens (tertiary/aromatic N) is 3. The van der Waals surface area contributed by atoms with Crippen LogP contribution in [0.4, 0.5) is 9.93 Å². The second-order valence-electron chi connectivity index (χ2n) is 8.65. The van der Waals surface area contributed by atoms with Gasteiger partial charge in [-0.25, -0.2) is 9.78 Å². The first-order valence-corrected chi connectivity index (χ1v) is 11.3. The number of anilines is 1. The van der Waals surface area contributed by atoms with Crippen molar-refractivity contribution < 1.29 is 9.59 Å². The molecule has 8 nitrogen and oxygen atoms in total. The van der Waals surface area contributed by atoms with Crippen LogP contribution < -0.4 is 16.8 Å². The maximum Gasteiger partial charge on any atom is 0.324 e. The van der Waals surface area contributed by atoms with Gasteiger partial charge < -0.3 is 21.3 Å². The zero-order chi connectivity index (χ0) is 22.8. The van der Waals surface area contributed by atoms with E-state index >= 15 is 0 Å². The van der Waals surface area contributed by atoms with Crippen LogP contribution in [0.5, 0.6) is 0 Å². The zero-order valence-corrected chi connectivity index (χ0v) is 20.1. The molecule has 5 N–H and O–H groups in total. The summed E-state index contributed by atoms with van der Waals surface area (Å²) < 4.78 is 0. The summed E-state index contributed by atoms with van der Waals surface area (Å²) in [5.41, 5.74) is 13.0. The Morgan fingerprint density at radius 2 is 2.00 bits per heavy atom. The number of thioether (sulfide) groups is 1. The van der Waals surface area contributed by atoms with Crippen LogP contribution in [0.3, 0.4) is 0 Å². The van der Waals surface area contributed by atoms with Gasteiger partial charge in [-0.15, -0.1) is 11.8 Å². The highest BCUT2D eigenvalue weighted by Gasteiger charge is 2.39. The maximum atomic E-state index is 12.8. The van der Waals surface area contributed by atoms with Gasteiger partial charge in [0.1, 0.15) is 6.04 Å². The average molecular weight is 453 g/mol. The average Bonchev–Trinajstić information content (AvgIpc) is 3.22. The number of aryl methyl sites for hydroxylation is 1. The molecule has 2 heterocycles. The normalized spacial score (nSPS) is 20.0. The molecule has 2 atom stereocenters. The number of primary amides is 1. The maximum absolute atomic E-state index is 12.8. The Morgan fingerprint density at radius 3 is 2.53 bits per heavy atom. The van der Waals surface area contributed by atoms with E-state index in [1.54, 1.807) is 0 Å². The van der Waals surface area contributed by atoms with Crippen molar-refractivity contribution in [3.63, 3.8) is 0 Å². The Labute approximate surface area is 186 Å². The highest BCUT2D eigenvalue weighted by molar-refractivity contribution is 8.06. The highest BCUT2D eigenvalue weighted by atomic mass is 32.2. The third-order valence-corrected chi connectivity index (χ3v) is 7.43. The predicted octanol–water partition coefficient (Wildman–Crippen LogP) is 3.02. The lowest BCUT2D eigenvalue weighted by atomic mass is 9.97. The number of likely N-dealkylation sites (N-methyl/N-ethyl adjacent to an activating group) is 1. The molecule has 3 amide bonds. The Hall–Kier alpha value is -2.04. The van der Waals surface area contributed by atoms with E-state index in [1.807, 2.05) is 31.3 Å². The van der Waals surface area contributed by atoms with Gasteiger partial charge in [0.05, 0.1) is 16.3 Å². The zero-order valence-electron chi connectivity index (χ0n) is 18.5. The lowest BCUT2D eigenvalue weighted by Crippen LogP contribution is -2.45. The van der Waals surface area contributed by atoms with E-state index < -0.39 is 11.9 Å². The van der Waals surface area contributed by atoms with Crippen LogP contribution in [0.2, 0.25) is 0 Å². The summed E-state index contributed by atoms with van der Waals surface area (Å²) in [6.07, 6.45) is 0.516. The van der Waals surface area contributed by atoms with Crippen LogP contribution in [-0.4, -0.2) is 59.4 Å². The quantitative estimate of drug-likeness (QED) is 0.611. The van der Waals surface area contributed by atoms with Crippen LogP contribution in [-0.2, 0) is 4.79 Å². The summed E-state index contributed by atoms with van der Waals surface area (Å²) in [6, 6.07) is -0.947. The third-order valence-electron chi connectivity index (χ3n) is 5.04. The number of urea groups is 1. The number of thiazole rings is 1. The van der Waals surface area contributed by atoms with Gasteiger partial charge in [0.15, 0.2) is 5.13 Å². The first-order valence-electron chi connectivity index (χ1n) is 9.64. The number of likely N-dealkylation sites (tertiary alicyclic amines) is 1. The molecule has 0 spiro atoms. The fourth-order valence-corrected chi connectivity index (χ4v) is 4.63. The molecule has 166 valence electrons. The first-order chi connectivity index (χ1) is 13.8. The van der Waals surface area contributed by atoms with Crippen LogP contribution in [0.1, 0.15) is 37.8 Å². The molecule has 0 aromatic carbocycles. The smallest absolute Gasteiger partial charge is 0.324 e. The summed E-state index contributed by atoms with van der Waals surface area (Å²) in [4.78, 5) is 34.3. The van der Waals surface area contributed by atoms with Crippen molar-refractivity contribution in [3.8, 4) is 0 Å². The number of aromatic nitrogens is 1. The van der Waals surface area contributed by atoms with Gasteiger partial charge in [0.25, 0.3) is 0 Å². The van der Waals surface area contributed by atoms with E-state index in [-0.39, 0.29) is 17.5 Å². The molecule has 0 radical (unpaired) electrons. The minimum absolute atomic E-state index is 0.0273. The standard InChI is InChI=1S/C20H32N6O2S2/c1-11-16(14(21)10-29-12(2)20(3,4)5)30-18(23-11)24-19(28)26-9-13(25(6)7)8-15(26)17(22)27/h10,13,15H,2,8-9,21H2,1,3-7H3,(H2,22,27)(H,23,24,28)/b14-10-/t13?,15-/m0/s1. The van der Waals surface area contributed by atoms with E-state index in [0.717, 1.165) is 15.5 Å². The molecular weight excluding hydrogens is 420 g/mol. The summed E-state index contributed by atoms with van der Waals surface area (Å²) >= 11 is 2.79. The van der Waals surface area contributed by atoms with Crippen molar-refractivity contribution >= 4 is 45.9 Å². The monoisotopic (exact) mass is 452 g/mol. The molecule has 30 heavy (non-hydrogen) atoms. The van der Waals surface area contributed by atoms with Gasteiger partial charge in [-0.1, -0.05) is 38.7 Å². The number of allylic oxidation sites excluding steroid dienone is 1. The number of amides is 3. The van der Waals surface area contributed by atoms with E-state index in [9.17, 15) is 9.59 Å². The molecule has 1 aliphatic rings. The summed E-state index contributed by atoms with van der Waals surface area (Å²) in [5.74, 6) is -0.506. The Kier molecular flexibility index (Phi) is 7.59. The molecule has 1 unspecified atom stereocenters. The molecule has 1 aromatic heterocycles. The summed E-state index contributed by atoms with van der Waals surface area (Å²) in [6.45, 7) is 12.6. The van der Waals surface area contributed by atoms with Crippen molar-refractivity contribution in [2.24, 2.45) is 16.9 Å². The highest BCUT2D eigenvalue weighted by Crippen LogP contribution is 2.36. The third kappa shape index (κ3) is 5.77. The fourth-order valence-electron chi connectivity index (χ4n) is 2.93. The SMILES string of the molecule is C=C(S/C=C(\N)c1sc(NC(=O)N2CC(N(C)C)C[C@H]2C(N)=O)nc1C)C(C)(C)C. The predicted molar refractivity (Wildman–Crippen MR) is 126 cm³/mol. The number of nitrogens with two attached hydrogens (primary N) is 2. The van der Waals surface area contributed by atoms with Crippen molar-refractivity contribution in [1.29, 1.82) is 0 Å². The van der Waals surface area contributed by atoms with E-state index in [2.05, 4.69) is 37.7 Å². The number of carbonyl (C=O) groups is 2. The van der Waals surface area contributed by atoms with Crippen molar-refractivity contribution in [1.82, 2.24) is 14.8 Å².